The Morgan fingerprint density at radius 1 is 1.38 bits per heavy atom. The molecule has 0 saturated carbocycles. The van der Waals surface area contributed by atoms with Crippen LogP contribution in [0.5, 0.6) is 0 Å². The van der Waals surface area contributed by atoms with Gasteiger partial charge in [0.25, 0.3) is 11.8 Å². The summed E-state index contributed by atoms with van der Waals surface area (Å²) in [4.78, 5) is 59.4. The second kappa shape index (κ2) is 12.0. The van der Waals surface area contributed by atoms with Gasteiger partial charge in [0.05, 0.1) is 0 Å². The molecule has 5 N–H and O–H groups in total. The van der Waals surface area contributed by atoms with Crippen molar-refractivity contribution in [2.24, 2.45) is 5.16 Å². The van der Waals surface area contributed by atoms with Crippen LogP contribution < -0.4 is 11.1 Å². The van der Waals surface area contributed by atoms with E-state index in [9.17, 15) is 24.3 Å². The van der Waals surface area contributed by atoms with Crippen molar-refractivity contribution in [2.45, 2.75) is 23.1 Å². The number of carbonyl (C=O) groups excluding carboxylic acids is 2. The van der Waals surface area contributed by atoms with Gasteiger partial charge in [0.2, 0.25) is 5.16 Å². The van der Waals surface area contributed by atoms with Crippen molar-refractivity contribution >= 4 is 81.1 Å². The average Bonchev–Trinajstić information content (AvgIpc) is 3.46. The summed E-state index contributed by atoms with van der Waals surface area (Å²) >= 11 is 9.34. The van der Waals surface area contributed by atoms with Gasteiger partial charge in [-0.15, -0.1) is 16.9 Å². The van der Waals surface area contributed by atoms with Crippen LogP contribution in [0.4, 0.5) is 5.13 Å². The fourth-order valence-corrected chi connectivity index (χ4v) is 6.78. The number of hydrogen-bond acceptors (Lipinski definition) is 14. The average molecular weight is 616 g/mol. The van der Waals surface area contributed by atoms with Crippen molar-refractivity contribution in [1.29, 1.82) is 0 Å². The maximum Gasteiger partial charge on any atom is 0.352 e. The normalized spacial score (nSPS) is 18.8. The minimum Gasteiger partial charge on any atom is -0.480 e. The SMILES string of the molecule is C=CCO/N=C(\C(=O)NC1C(=O)N2C(C(=O)O)=C(CSc3nnnn3CC(=O)O)CS[C@H]12)c1nc(N)sc1Cl. The number of amides is 2. The Morgan fingerprint density at radius 3 is 2.79 bits per heavy atom. The summed E-state index contributed by atoms with van der Waals surface area (Å²) in [7, 11) is 0. The predicted octanol–water partition coefficient (Wildman–Crippen LogP) is -0.113. The second-order valence-corrected chi connectivity index (χ2v) is 11.3. The van der Waals surface area contributed by atoms with E-state index < -0.39 is 41.7 Å². The van der Waals surface area contributed by atoms with E-state index in [4.69, 9.17) is 27.3 Å². The second-order valence-electron chi connectivity index (χ2n) is 7.62. The zero-order valence-corrected chi connectivity index (χ0v) is 22.7. The number of hydrogen-bond donors (Lipinski definition) is 4. The highest BCUT2D eigenvalue weighted by Gasteiger charge is 2.54. The Balaban J connectivity index is 1.50. The molecule has 1 saturated heterocycles. The minimum atomic E-state index is -1.33. The Kier molecular flexibility index (Phi) is 8.73. The Hall–Kier alpha value is -3.68. The first kappa shape index (κ1) is 28.3. The highest BCUT2D eigenvalue weighted by Crippen LogP contribution is 2.41. The molecule has 2 aromatic rings. The van der Waals surface area contributed by atoms with E-state index in [0.717, 1.165) is 32.7 Å². The van der Waals surface area contributed by atoms with Crippen LogP contribution >= 0.6 is 46.5 Å². The third-order valence-corrected chi connectivity index (χ3v) is 8.55. The summed E-state index contributed by atoms with van der Waals surface area (Å²) in [6, 6.07) is -1.06. The maximum atomic E-state index is 13.1. The largest absolute Gasteiger partial charge is 0.480 e. The van der Waals surface area contributed by atoms with E-state index in [0.29, 0.717) is 5.57 Å². The van der Waals surface area contributed by atoms with Crippen molar-refractivity contribution in [3.8, 4) is 0 Å². The molecule has 2 aliphatic rings. The number of nitrogens with two attached hydrogens (primary N) is 1. The number of thiazole rings is 1. The van der Waals surface area contributed by atoms with Crippen molar-refractivity contribution in [3.63, 3.8) is 0 Å². The van der Waals surface area contributed by atoms with Crippen LogP contribution in [-0.2, 0) is 30.6 Å². The molecule has 2 aromatic heterocycles. The molecule has 2 amide bonds. The number of thioether (sulfide) groups is 2. The van der Waals surface area contributed by atoms with Crippen LogP contribution in [0.2, 0.25) is 4.34 Å². The number of rotatable bonds is 12. The lowest BCUT2D eigenvalue weighted by molar-refractivity contribution is -0.150. The summed E-state index contributed by atoms with van der Waals surface area (Å²) in [5, 5.41) is 35.5. The molecule has 16 nitrogen and oxygen atoms in total. The van der Waals surface area contributed by atoms with Gasteiger partial charge >= 0.3 is 11.9 Å². The Bertz CT molecular complexity index is 1410. The monoisotopic (exact) mass is 615 g/mol. The number of aliphatic carboxylic acids is 2. The van der Waals surface area contributed by atoms with Crippen molar-refractivity contribution in [2.75, 3.05) is 23.8 Å². The summed E-state index contributed by atoms with van der Waals surface area (Å²) in [6.45, 7) is 3.02. The number of nitrogens with one attached hydrogen (secondary N) is 1. The standard InChI is InChI=1S/C19H18ClN9O7S3/c1-2-3-36-25-10(9-13(20)39-18(21)23-9)14(32)22-11-15(33)29-12(17(34)35)7(5-37-16(11)29)6-38-19-24-26-27-28(19)4-8(30)31/h2,11,16H,1,3-6H2,(H2,21,23)(H,22,32)(H,30,31)(H,34,35)/b25-10-/t11?,16-/m1/s1. The smallest absolute Gasteiger partial charge is 0.352 e. The van der Waals surface area contributed by atoms with Crippen LogP contribution in [0.15, 0.2) is 34.2 Å². The number of tetrazole rings is 1. The minimum absolute atomic E-state index is 0.0150. The van der Waals surface area contributed by atoms with Crippen LogP contribution in [0.25, 0.3) is 0 Å². The highest BCUT2D eigenvalue weighted by atomic mass is 35.5. The fraction of sp³-hybridized carbons (Fsp3) is 0.316. The number of oxime groups is 1. The third-order valence-electron chi connectivity index (χ3n) is 5.09. The Morgan fingerprint density at radius 2 is 2.15 bits per heavy atom. The van der Waals surface area contributed by atoms with Crippen molar-refractivity contribution in [3.05, 3.63) is 34.0 Å². The number of carboxylic acids is 2. The number of aromatic nitrogens is 5. The molecule has 0 aliphatic carbocycles. The van der Waals surface area contributed by atoms with Gasteiger partial charge in [-0.1, -0.05) is 52.5 Å². The van der Waals surface area contributed by atoms with Gasteiger partial charge in [0, 0.05) is 11.5 Å². The number of halogens is 1. The number of nitrogens with zero attached hydrogens (tertiary/aromatic N) is 7. The molecule has 0 radical (unpaired) electrons. The van der Waals surface area contributed by atoms with E-state index in [1.807, 2.05) is 0 Å². The number of anilines is 1. The molecule has 1 unspecified atom stereocenters. The van der Waals surface area contributed by atoms with Gasteiger partial charge in [-0.3, -0.25) is 19.3 Å². The first-order chi connectivity index (χ1) is 18.6. The summed E-state index contributed by atoms with van der Waals surface area (Å²) in [5.74, 6) is -3.64. The van der Waals surface area contributed by atoms with E-state index in [-0.39, 0.29) is 49.8 Å². The van der Waals surface area contributed by atoms with Crippen molar-refractivity contribution in [1.82, 2.24) is 35.4 Å². The molecule has 2 atom stereocenters. The zero-order chi connectivity index (χ0) is 28.3. The fourth-order valence-electron chi connectivity index (χ4n) is 3.49. The molecule has 20 heteroatoms. The van der Waals surface area contributed by atoms with E-state index >= 15 is 0 Å². The summed E-state index contributed by atoms with van der Waals surface area (Å²) in [5.41, 5.74) is 5.51. The predicted molar refractivity (Wildman–Crippen MR) is 140 cm³/mol. The van der Waals surface area contributed by atoms with Crippen LogP contribution in [-0.4, -0.2) is 99.3 Å². The molecule has 206 valence electrons. The molecule has 0 spiro atoms. The molecular formula is C19H18ClN9O7S3. The number of carbonyl (C=O) groups is 4. The van der Waals surface area contributed by atoms with E-state index in [1.54, 1.807) is 0 Å². The summed E-state index contributed by atoms with van der Waals surface area (Å²) < 4.78 is 1.15. The van der Waals surface area contributed by atoms with Gasteiger partial charge < -0.3 is 26.1 Å². The highest BCUT2D eigenvalue weighted by molar-refractivity contribution is 8.01. The lowest BCUT2D eigenvalue weighted by Crippen LogP contribution is -2.71. The number of carboxylic acid groups (broad SMARTS) is 2. The molecular weight excluding hydrogens is 598 g/mol. The van der Waals surface area contributed by atoms with E-state index in [2.05, 4.69) is 37.6 Å². The first-order valence-electron chi connectivity index (χ1n) is 10.7. The van der Waals surface area contributed by atoms with Gasteiger partial charge in [0.15, 0.2) is 10.8 Å². The van der Waals surface area contributed by atoms with Crippen LogP contribution in [0.1, 0.15) is 5.69 Å². The third kappa shape index (κ3) is 6.00. The zero-order valence-electron chi connectivity index (χ0n) is 19.5. The van der Waals surface area contributed by atoms with Gasteiger partial charge in [-0.25, -0.2) is 14.5 Å². The van der Waals surface area contributed by atoms with Gasteiger partial charge in [-0.05, 0) is 16.0 Å². The molecule has 4 rings (SSSR count). The quantitative estimate of drug-likeness (QED) is 0.0610. The number of nitrogen functional groups attached to an aromatic ring is 1. The van der Waals surface area contributed by atoms with Gasteiger partial charge in [-0.2, -0.15) is 0 Å². The molecule has 2 aliphatic heterocycles. The lowest BCUT2D eigenvalue weighted by Gasteiger charge is -2.49. The Labute approximate surface area is 236 Å². The van der Waals surface area contributed by atoms with Crippen LogP contribution in [0, 0.1) is 0 Å². The topological polar surface area (TPSA) is 228 Å². The van der Waals surface area contributed by atoms with Crippen molar-refractivity contribution < 1.29 is 34.2 Å². The molecule has 4 heterocycles. The maximum absolute atomic E-state index is 13.1. The van der Waals surface area contributed by atoms with Gasteiger partial charge in [0.1, 0.15) is 40.3 Å². The molecule has 0 bridgehead atoms. The first-order valence-corrected chi connectivity index (χ1v) is 13.9. The lowest BCUT2D eigenvalue weighted by atomic mass is 10.0. The van der Waals surface area contributed by atoms with Crippen LogP contribution in [0.3, 0.4) is 0 Å². The molecule has 39 heavy (non-hydrogen) atoms. The van der Waals surface area contributed by atoms with E-state index in [1.165, 1.54) is 17.8 Å². The summed E-state index contributed by atoms with van der Waals surface area (Å²) in [6.07, 6.45) is 1.41. The number of fused-ring (bicyclic) bond motifs is 1. The number of β-lactam (4-membered cyclic amide) rings is 1. The molecule has 1 fully saturated rings. The molecule has 0 aromatic carbocycles.